The van der Waals surface area contributed by atoms with Crippen LogP contribution < -0.4 is 42.6 Å². The lowest BCUT2D eigenvalue weighted by atomic mass is 9.20. The Morgan fingerprint density at radius 2 is 0.679 bits per heavy atom. The van der Waals surface area contributed by atoms with Crippen molar-refractivity contribution >= 4 is 102 Å². The molecule has 0 saturated heterocycles. The van der Waals surface area contributed by atoms with E-state index in [2.05, 4.69) is 218 Å². The first kappa shape index (κ1) is 32.6. The minimum Gasteiger partial charge on any atom is -0.306 e. The lowest BCUT2D eigenvalue weighted by Crippen LogP contribution is -2.75. The van der Waals surface area contributed by atoms with Crippen LogP contribution in [0.2, 0.25) is 0 Å². The normalized spacial score (nSPS) is 13.0. The predicted octanol–water partition coefficient (Wildman–Crippen LogP) is 9.21. The first-order valence-electron chi connectivity index (χ1n) is 19.7. The zero-order valence-corrected chi connectivity index (χ0v) is 31.5. The van der Waals surface area contributed by atoms with E-state index < -0.39 is 0 Å². The van der Waals surface area contributed by atoms with Crippen molar-refractivity contribution < 1.29 is 0 Å². The smallest absolute Gasteiger partial charge is 0.241 e. The van der Waals surface area contributed by atoms with E-state index in [1.165, 1.54) is 93.9 Å². The Morgan fingerprint density at radius 3 is 1.14 bits per heavy atom. The van der Waals surface area contributed by atoms with E-state index in [-0.39, 0.29) is 13.4 Å². The summed E-state index contributed by atoms with van der Waals surface area (Å²) < 4.78 is 0. The van der Waals surface area contributed by atoms with Gasteiger partial charge in [0.2, 0.25) is 13.4 Å². The number of benzene rings is 9. The molecule has 9 aromatic carbocycles. The van der Waals surface area contributed by atoms with Crippen molar-refractivity contribution in [1.82, 2.24) is 0 Å². The third-order valence-corrected chi connectivity index (χ3v) is 12.2. The fourth-order valence-corrected chi connectivity index (χ4v) is 10.0. The number of rotatable bonds is 4. The maximum atomic E-state index is 2.46. The summed E-state index contributed by atoms with van der Waals surface area (Å²) in [5.41, 5.74) is 17.9. The number of hydrogen-bond donors (Lipinski definition) is 0. The van der Waals surface area contributed by atoms with Gasteiger partial charge in [-0.2, -0.15) is 0 Å². The van der Waals surface area contributed by atoms with Gasteiger partial charge in [0.05, 0.1) is 22.7 Å². The van der Waals surface area contributed by atoms with Gasteiger partial charge in [0, 0.05) is 11.4 Å². The number of anilines is 6. The topological polar surface area (TPSA) is 6.48 Å². The molecular weight excluding hydrogens is 674 g/mol. The summed E-state index contributed by atoms with van der Waals surface area (Å²) in [4.78, 5) is 4.85. The Morgan fingerprint density at radius 1 is 0.321 bits per heavy atom. The zero-order valence-electron chi connectivity index (χ0n) is 31.5. The zero-order chi connectivity index (χ0) is 37.3. The summed E-state index contributed by atoms with van der Waals surface area (Å²) in [6.45, 7) is 4.84. The fourth-order valence-electron chi connectivity index (χ4n) is 10.0. The Bertz CT molecular complexity index is 2820. The molecule has 4 heteroatoms. The quantitative estimate of drug-likeness (QED) is 0.133. The van der Waals surface area contributed by atoms with Crippen LogP contribution >= 0.6 is 0 Å². The van der Waals surface area contributed by atoms with Crippen LogP contribution in [0.1, 0.15) is 11.1 Å². The SMILES string of the molecule is Cc1cc(N2c3ccccc3N(c3ccccc3)c3ccccc32)cc(C)c1B1c2ccccc2B(c2c3ccccc3cc3ccccc23)c2ccccc21. The molecule has 9 aromatic rings. The molecule has 0 amide bonds. The Labute approximate surface area is 329 Å². The first-order valence-corrected chi connectivity index (χ1v) is 19.7. The molecule has 0 radical (unpaired) electrons. The van der Waals surface area contributed by atoms with Gasteiger partial charge in [-0.15, -0.1) is 0 Å². The molecule has 0 aliphatic carbocycles. The molecule has 0 N–H and O–H groups in total. The van der Waals surface area contributed by atoms with Gasteiger partial charge in [-0.1, -0.05) is 183 Å². The second-order valence-electron chi connectivity index (χ2n) is 15.3. The van der Waals surface area contributed by atoms with Gasteiger partial charge >= 0.3 is 0 Å². The average Bonchev–Trinajstić information content (AvgIpc) is 3.24. The summed E-state index contributed by atoms with van der Waals surface area (Å²) in [6.07, 6.45) is 0. The van der Waals surface area contributed by atoms with E-state index in [1.807, 2.05) is 0 Å². The van der Waals surface area contributed by atoms with Gasteiger partial charge in [0.1, 0.15) is 0 Å². The number of aryl methyl sites for hydroxylation is 2. The highest BCUT2D eigenvalue weighted by molar-refractivity contribution is 7.12. The van der Waals surface area contributed by atoms with E-state index in [4.69, 9.17) is 0 Å². The molecule has 0 bridgehead atoms. The highest BCUT2D eigenvalue weighted by Crippen LogP contribution is 2.53. The Hall–Kier alpha value is -6.77. The van der Waals surface area contributed by atoms with Crippen molar-refractivity contribution in [2.45, 2.75) is 13.8 Å². The lowest BCUT2D eigenvalue weighted by Gasteiger charge is -2.40. The molecule has 262 valence electrons. The third-order valence-electron chi connectivity index (χ3n) is 12.2. The highest BCUT2D eigenvalue weighted by Gasteiger charge is 2.41. The molecule has 0 aromatic heterocycles. The summed E-state index contributed by atoms with van der Waals surface area (Å²) in [5, 5.41) is 5.22. The van der Waals surface area contributed by atoms with Gasteiger partial charge in [0.25, 0.3) is 0 Å². The van der Waals surface area contributed by atoms with Crippen LogP contribution in [0, 0.1) is 13.8 Å². The maximum absolute atomic E-state index is 2.46. The lowest BCUT2D eigenvalue weighted by molar-refractivity contribution is 1.16. The minimum atomic E-state index is 0.100. The standard InChI is InChI=1S/C52H38B2N2/c1-35-32-40(56-49-30-16-14-28-47(49)55(39-20-4-3-5-21-39)48-29-15-17-31-50(48)56)33-36(2)51(35)53-43-24-10-12-26-45(43)54(46-27-13-11-25-44(46)53)52-41-22-8-6-18-37(41)34-38-19-7-9-23-42(38)52/h3-34H,1-2H3. The van der Waals surface area contributed by atoms with E-state index in [9.17, 15) is 0 Å². The van der Waals surface area contributed by atoms with Crippen LogP contribution in [0.15, 0.2) is 194 Å². The van der Waals surface area contributed by atoms with Gasteiger partial charge in [-0.25, -0.2) is 0 Å². The number of para-hydroxylation sites is 5. The molecule has 0 spiro atoms. The van der Waals surface area contributed by atoms with Crippen LogP contribution in [0.4, 0.5) is 34.1 Å². The summed E-state index contributed by atoms with van der Waals surface area (Å²) in [6, 6.07) is 71.8. The minimum absolute atomic E-state index is 0.100. The van der Waals surface area contributed by atoms with E-state index in [1.54, 1.807) is 0 Å². The predicted molar refractivity (Wildman–Crippen MR) is 242 cm³/mol. The number of nitrogens with zero attached hydrogens (tertiary/aromatic N) is 2. The molecule has 2 aliphatic heterocycles. The van der Waals surface area contributed by atoms with Gasteiger partial charge in [0.15, 0.2) is 0 Å². The maximum Gasteiger partial charge on any atom is 0.241 e. The van der Waals surface area contributed by atoms with Crippen LogP contribution in [0.25, 0.3) is 21.5 Å². The molecule has 56 heavy (non-hydrogen) atoms. The van der Waals surface area contributed by atoms with Crippen molar-refractivity contribution in [2.24, 2.45) is 0 Å². The molecule has 2 nitrogen and oxygen atoms in total. The van der Waals surface area contributed by atoms with E-state index >= 15 is 0 Å². The van der Waals surface area contributed by atoms with Crippen LogP contribution in [-0.4, -0.2) is 13.4 Å². The monoisotopic (exact) mass is 712 g/mol. The number of fused-ring (bicyclic) bond motifs is 6. The van der Waals surface area contributed by atoms with Crippen molar-refractivity contribution in [3.05, 3.63) is 205 Å². The van der Waals surface area contributed by atoms with Crippen molar-refractivity contribution in [3.63, 3.8) is 0 Å². The molecule has 11 rings (SSSR count). The second kappa shape index (κ2) is 12.9. The molecular formula is C52H38B2N2. The van der Waals surface area contributed by atoms with Crippen LogP contribution in [0.3, 0.4) is 0 Å². The number of hydrogen-bond acceptors (Lipinski definition) is 2. The van der Waals surface area contributed by atoms with Crippen molar-refractivity contribution in [3.8, 4) is 0 Å². The molecule has 0 saturated carbocycles. The summed E-state index contributed by atoms with van der Waals surface area (Å²) in [5.74, 6) is 0. The Kier molecular flexibility index (Phi) is 7.53. The van der Waals surface area contributed by atoms with Gasteiger partial charge in [-0.05, 0) is 90.0 Å². The fraction of sp³-hybridized carbons (Fsp3) is 0.0385. The molecule has 2 heterocycles. The highest BCUT2D eigenvalue weighted by atomic mass is 15.3. The summed E-state index contributed by atoms with van der Waals surface area (Å²) in [7, 11) is 0. The van der Waals surface area contributed by atoms with Gasteiger partial charge in [-0.3, -0.25) is 0 Å². The van der Waals surface area contributed by atoms with Crippen LogP contribution in [0.5, 0.6) is 0 Å². The summed E-state index contributed by atoms with van der Waals surface area (Å²) >= 11 is 0. The van der Waals surface area contributed by atoms with Crippen molar-refractivity contribution in [2.75, 3.05) is 9.80 Å². The third kappa shape index (κ3) is 4.92. The molecule has 0 fully saturated rings. The molecule has 2 aliphatic rings. The van der Waals surface area contributed by atoms with E-state index in [0.29, 0.717) is 0 Å². The molecule has 0 unspecified atom stereocenters. The Balaban J connectivity index is 1.10. The first-order chi connectivity index (χ1) is 27.7. The van der Waals surface area contributed by atoms with Crippen molar-refractivity contribution in [1.29, 1.82) is 0 Å². The van der Waals surface area contributed by atoms with Gasteiger partial charge < -0.3 is 9.80 Å². The largest absolute Gasteiger partial charge is 0.306 e. The average molecular weight is 713 g/mol. The van der Waals surface area contributed by atoms with Crippen LogP contribution in [-0.2, 0) is 0 Å². The molecule has 0 atom stereocenters. The second-order valence-corrected chi connectivity index (χ2v) is 15.3. The van der Waals surface area contributed by atoms with E-state index in [0.717, 1.165) is 5.69 Å².